The first kappa shape index (κ1) is 28.5. The Bertz CT molecular complexity index is 2980. The fraction of sp³-hybridized carbons (Fsp3) is 0.0435. The van der Waals surface area contributed by atoms with Crippen LogP contribution in [0.2, 0.25) is 0 Å². The van der Waals surface area contributed by atoms with Crippen LogP contribution in [0.5, 0.6) is 0 Å². The maximum absolute atomic E-state index is 3.84. The molecule has 1 atom stereocenters. The number of fused-ring (bicyclic) bond motifs is 9. The molecule has 0 fully saturated rings. The lowest BCUT2D eigenvalue weighted by molar-refractivity contribution is 0.793. The second-order valence-corrected chi connectivity index (χ2v) is 14.6. The number of nitrogens with one attached hydrogen (secondary N) is 1. The predicted molar refractivity (Wildman–Crippen MR) is 217 cm³/mol. The van der Waals surface area contributed by atoms with Crippen molar-refractivity contribution < 1.29 is 0 Å². The third-order valence-corrected chi connectivity index (χ3v) is 11.8. The SMILES string of the molecule is CN1c2c(sc3ccccc23)NC1c1cccc(-n2c3ccccc3c3ccc(-c4ccc5c(c4)c4ccccc4n5-c4ccccc4)cc32)c1. The van der Waals surface area contributed by atoms with Crippen LogP contribution in [0.3, 0.4) is 0 Å². The van der Waals surface area contributed by atoms with Crippen LogP contribution in [0.15, 0.2) is 164 Å². The van der Waals surface area contributed by atoms with E-state index < -0.39 is 0 Å². The highest BCUT2D eigenvalue weighted by Crippen LogP contribution is 2.50. The summed E-state index contributed by atoms with van der Waals surface area (Å²) >= 11 is 1.84. The van der Waals surface area contributed by atoms with Crippen molar-refractivity contribution in [3.8, 4) is 22.5 Å². The molecule has 1 N–H and O–H groups in total. The number of rotatable bonds is 4. The monoisotopic (exact) mass is 672 g/mol. The summed E-state index contributed by atoms with van der Waals surface area (Å²) < 4.78 is 6.13. The van der Waals surface area contributed by atoms with Gasteiger partial charge in [-0.15, -0.1) is 11.3 Å². The first-order valence-corrected chi connectivity index (χ1v) is 18.3. The van der Waals surface area contributed by atoms with E-state index in [4.69, 9.17) is 0 Å². The van der Waals surface area contributed by atoms with E-state index >= 15 is 0 Å². The van der Waals surface area contributed by atoms with Crippen LogP contribution in [0.25, 0.3) is 76.2 Å². The largest absolute Gasteiger partial charge is 0.351 e. The molecule has 4 heterocycles. The van der Waals surface area contributed by atoms with Crippen molar-refractivity contribution in [2.24, 2.45) is 0 Å². The maximum Gasteiger partial charge on any atom is 0.126 e. The van der Waals surface area contributed by atoms with E-state index in [0.29, 0.717) is 0 Å². The Morgan fingerprint density at radius 3 is 1.90 bits per heavy atom. The van der Waals surface area contributed by atoms with Crippen LogP contribution in [0.4, 0.5) is 10.7 Å². The summed E-state index contributed by atoms with van der Waals surface area (Å²) in [6.45, 7) is 0. The minimum absolute atomic E-state index is 0.0594. The topological polar surface area (TPSA) is 25.1 Å². The molecule has 1 aliphatic rings. The molecule has 0 saturated carbocycles. The van der Waals surface area contributed by atoms with Gasteiger partial charge in [0, 0.05) is 50.1 Å². The van der Waals surface area contributed by atoms with Crippen LogP contribution in [-0.2, 0) is 0 Å². The molecular formula is C46H32N4S. The van der Waals surface area contributed by atoms with Gasteiger partial charge >= 0.3 is 0 Å². The third-order valence-electron chi connectivity index (χ3n) is 10.7. The summed E-state index contributed by atoms with van der Waals surface area (Å²) in [6, 6.07) is 59.8. The zero-order chi connectivity index (χ0) is 33.6. The number of hydrogen-bond acceptors (Lipinski definition) is 3. The van der Waals surface area contributed by atoms with Crippen molar-refractivity contribution >= 4 is 75.7 Å². The molecule has 5 heteroatoms. The van der Waals surface area contributed by atoms with Crippen LogP contribution >= 0.6 is 11.3 Å². The number of anilines is 2. The molecule has 1 unspecified atom stereocenters. The van der Waals surface area contributed by atoms with E-state index in [2.05, 4.69) is 190 Å². The molecule has 0 aliphatic carbocycles. The minimum atomic E-state index is 0.0594. The number of aromatic nitrogens is 2. The summed E-state index contributed by atoms with van der Waals surface area (Å²) in [5.41, 5.74) is 12.1. The van der Waals surface area contributed by atoms with Crippen molar-refractivity contribution in [3.63, 3.8) is 0 Å². The van der Waals surface area contributed by atoms with Gasteiger partial charge in [0.2, 0.25) is 0 Å². The quantitative estimate of drug-likeness (QED) is 0.201. The Labute approximate surface area is 299 Å². The van der Waals surface area contributed by atoms with Gasteiger partial charge in [-0.05, 0) is 77.4 Å². The Kier molecular flexibility index (Phi) is 6.07. The van der Waals surface area contributed by atoms with E-state index in [1.54, 1.807) is 0 Å². The van der Waals surface area contributed by atoms with Crippen molar-refractivity contribution in [2.45, 2.75) is 6.17 Å². The molecule has 0 spiro atoms. The molecule has 0 saturated heterocycles. The molecule has 7 aromatic carbocycles. The van der Waals surface area contributed by atoms with Gasteiger partial charge in [-0.2, -0.15) is 0 Å². The van der Waals surface area contributed by atoms with E-state index in [1.165, 1.54) is 86.8 Å². The normalized spacial score (nSPS) is 14.3. The third kappa shape index (κ3) is 4.19. The number of para-hydroxylation sites is 3. The zero-order valence-corrected chi connectivity index (χ0v) is 28.7. The molecule has 0 radical (unpaired) electrons. The van der Waals surface area contributed by atoms with Crippen LogP contribution in [0.1, 0.15) is 11.7 Å². The lowest BCUT2D eigenvalue weighted by Crippen LogP contribution is -2.23. The van der Waals surface area contributed by atoms with Crippen LogP contribution in [-0.4, -0.2) is 16.2 Å². The van der Waals surface area contributed by atoms with E-state index in [1.807, 2.05) is 11.3 Å². The highest BCUT2D eigenvalue weighted by atomic mass is 32.1. The highest BCUT2D eigenvalue weighted by molar-refractivity contribution is 7.23. The lowest BCUT2D eigenvalue weighted by Gasteiger charge is -2.24. The van der Waals surface area contributed by atoms with Gasteiger partial charge in [-0.1, -0.05) is 103 Å². The predicted octanol–water partition coefficient (Wildman–Crippen LogP) is 12.3. The van der Waals surface area contributed by atoms with Gasteiger partial charge in [0.25, 0.3) is 0 Å². The van der Waals surface area contributed by atoms with Gasteiger partial charge in [0.15, 0.2) is 0 Å². The smallest absolute Gasteiger partial charge is 0.126 e. The second-order valence-electron chi connectivity index (χ2n) is 13.5. The van der Waals surface area contributed by atoms with E-state index in [-0.39, 0.29) is 6.17 Å². The molecule has 242 valence electrons. The molecule has 11 rings (SSSR count). The maximum atomic E-state index is 3.84. The molecule has 10 aromatic rings. The molecule has 51 heavy (non-hydrogen) atoms. The molecule has 0 bridgehead atoms. The Morgan fingerprint density at radius 2 is 1.08 bits per heavy atom. The van der Waals surface area contributed by atoms with E-state index in [9.17, 15) is 0 Å². The fourth-order valence-electron chi connectivity index (χ4n) is 8.41. The summed E-state index contributed by atoms with van der Waals surface area (Å²) in [5.74, 6) is 0. The number of nitrogens with zero attached hydrogens (tertiary/aromatic N) is 3. The van der Waals surface area contributed by atoms with Crippen molar-refractivity contribution in [1.82, 2.24) is 9.13 Å². The zero-order valence-electron chi connectivity index (χ0n) is 27.9. The Morgan fingerprint density at radius 1 is 0.471 bits per heavy atom. The molecule has 4 nitrogen and oxygen atoms in total. The lowest BCUT2D eigenvalue weighted by atomic mass is 10.0. The summed E-state index contributed by atoms with van der Waals surface area (Å²) in [6.07, 6.45) is 0.0594. The van der Waals surface area contributed by atoms with Crippen molar-refractivity contribution in [1.29, 1.82) is 0 Å². The van der Waals surface area contributed by atoms with Gasteiger partial charge in [0.05, 0.1) is 27.8 Å². The number of thiophene rings is 1. The van der Waals surface area contributed by atoms with Gasteiger partial charge in [0.1, 0.15) is 11.2 Å². The second kappa shape index (κ2) is 10.8. The standard InChI is InChI=1S/C46H32N4S/c1-48-44-37-18-7-10-21-43(37)51-46(44)47-45(48)31-12-11-15-33(26-31)50-39-19-8-5-16-34(39)36-24-22-30(28-42(36)50)29-23-25-41-38(27-29)35-17-6-9-20-40(35)49(41)32-13-3-2-4-14-32/h2-28,45,47H,1H3. The number of hydrogen-bond donors (Lipinski definition) is 1. The first-order valence-electron chi connectivity index (χ1n) is 17.4. The summed E-state index contributed by atoms with van der Waals surface area (Å²) in [7, 11) is 2.20. The first-order chi connectivity index (χ1) is 25.2. The minimum Gasteiger partial charge on any atom is -0.351 e. The number of benzene rings is 7. The van der Waals surface area contributed by atoms with Gasteiger partial charge in [-0.25, -0.2) is 0 Å². The van der Waals surface area contributed by atoms with Crippen LogP contribution in [0, 0.1) is 0 Å². The molecular weight excluding hydrogens is 641 g/mol. The average molecular weight is 673 g/mol. The Hall–Kier alpha value is -6.30. The van der Waals surface area contributed by atoms with Gasteiger partial charge in [-0.3, -0.25) is 0 Å². The Balaban J connectivity index is 1.05. The van der Waals surface area contributed by atoms with Crippen molar-refractivity contribution in [3.05, 3.63) is 169 Å². The molecule has 1 aliphatic heterocycles. The van der Waals surface area contributed by atoms with Crippen molar-refractivity contribution in [2.75, 3.05) is 17.3 Å². The average Bonchev–Trinajstić information content (AvgIpc) is 3.91. The fourth-order valence-corrected chi connectivity index (χ4v) is 9.57. The summed E-state index contributed by atoms with van der Waals surface area (Å²) in [4.78, 5) is 2.39. The van der Waals surface area contributed by atoms with Gasteiger partial charge < -0.3 is 19.4 Å². The van der Waals surface area contributed by atoms with Crippen LogP contribution < -0.4 is 10.2 Å². The van der Waals surface area contributed by atoms with E-state index in [0.717, 1.165) is 5.69 Å². The summed E-state index contributed by atoms with van der Waals surface area (Å²) in [5, 5.41) is 11.4. The molecule has 3 aromatic heterocycles. The highest BCUT2D eigenvalue weighted by Gasteiger charge is 2.31. The molecule has 0 amide bonds.